The van der Waals surface area contributed by atoms with E-state index in [1.165, 1.54) is 6.07 Å². The quantitative estimate of drug-likeness (QED) is 0.0361. The van der Waals surface area contributed by atoms with Gasteiger partial charge < -0.3 is 59.1 Å². The maximum Gasteiger partial charge on any atom is 0.442 e. The van der Waals surface area contributed by atoms with Gasteiger partial charge in [-0.1, -0.05) is 56.1 Å². The molecule has 354 valence electrons. The second kappa shape index (κ2) is 22.5. The molecule has 3 aromatic rings. The van der Waals surface area contributed by atoms with Gasteiger partial charge >= 0.3 is 38.4 Å². The second-order valence-corrected chi connectivity index (χ2v) is 20.0. The molecule has 4 rings (SSSR count). The second-order valence-electron chi connectivity index (χ2n) is 12.4. The smallest absolute Gasteiger partial charge is 0.369 e. The number of rotatable bonds is 18. The van der Waals surface area contributed by atoms with Crippen molar-refractivity contribution in [3.8, 4) is 0 Å². The predicted octanol–water partition coefficient (Wildman–Crippen LogP) is 10.1. The van der Waals surface area contributed by atoms with Gasteiger partial charge in [-0.3, -0.25) is 23.5 Å². The van der Waals surface area contributed by atoms with Crippen LogP contribution in [0.5, 0.6) is 0 Å². The fraction of sp³-hybridized carbons (Fsp3) is 0.364. The van der Waals surface area contributed by atoms with Crippen molar-refractivity contribution in [2.45, 2.75) is 48.1 Å². The van der Waals surface area contributed by atoms with Crippen LogP contribution >= 0.6 is 69.6 Å². The summed E-state index contributed by atoms with van der Waals surface area (Å²) in [7, 11) is -6.94. The first-order valence-corrected chi connectivity index (χ1v) is 22.0. The van der Waals surface area contributed by atoms with Crippen LogP contribution < -0.4 is 41.0 Å². The monoisotopic (exact) mass is 1190 g/mol. The Morgan fingerprint density at radius 1 is 0.714 bits per heavy atom. The molecular weight excluding hydrogens is 1150 g/mol. The highest BCUT2D eigenvalue weighted by atomic mass is 127. The highest BCUT2D eigenvalue weighted by molar-refractivity contribution is 14.1. The van der Waals surface area contributed by atoms with Crippen molar-refractivity contribution in [1.82, 2.24) is 35.2 Å². The number of amides is 3. The first-order chi connectivity index (χ1) is 27.3. The molecule has 1 aliphatic heterocycles. The lowest BCUT2D eigenvalue weighted by molar-refractivity contribution is -0.166. The molecule has 0 bridgehead atoms. The number of hydrogen-bond donors (Lipinski definition) is 7. The Hall–Kier alpha value is -2.99. The first kappa shape index (κ1) is 60.0. The molecule has 3 amide bonds. The van der Waals surface area contributed by atoms with Gasteiger partial charge in [0.25, 0.3) is 5.91 Å². The third kappa shape index (κ3) is 12.3. The van der Waals surface area contributed by atoms with Crippen LogP contribution in [0.4, 0.5) is 30.7 Å². The molecule has 0 spiro atoms. The number of alkyl halides is 7. The largest absolute Gasteiger partial charge is 0.442 e. The summed E-state index contributed by atoms with van der Waals surface area (Å²) < 4.78 is 145. The number of quaternary nitrogens is 4. The van der Waals surface area contributed by atoms with Crippen LogP contribution in [0.15, 0.2) is 73.8 Å². The van der Waals surface area contributed by atoms with E-state index in [1.54, 1.807) is 22.6 Å². The van der Waals surface area contributed by atoms with Crippen LogP contribution in [-0.4, -0.2) is 64.4 Å². The number of carbonyl (C=O) groups excluding carboxylic acids is 3. The van der Waals surface area contributed by atoms with E-state index in [0.717, 1.165) is 77.0 Å². The van der Waals surface area contributed by atoms with Crippen LogP contribution in [0, 0.1) is 3.57 Å². The Balaban J connectivity index is 0.00000961. The fourth-order valence-electron chi connectivity index (χ4n) is 5.54. The van der Waals surface area contributed by atoms with Crippen LogP contribution in [-0.2, 0) is 66.6 Å². The average Bonchev–Trinajstić information content (AvgIpc) is 3.99. The van der Waals surface area contributed by atoms with E-state index in [2.05, 4.69) is 70.8 Å². The van der Waals surface area contributed by atoms with E-state index in [1.807, 2.05) is 0 Å². The lowest BCUT2D eigenvalue weighted by atomic mass is 9.99. The molecule has 3 aromatic carbocycles. The molecule has 0 aromatic heterocycles. The average molecular weight is 1200 g/mol. The number of halogens is 10. The normalized spacial score (nSPS) is 14.4. The molecule has 0 fully saturated rings. The summed E-state index contributed by atoms with van der Waals surface area (Å²) in [6.45, 7) is 0. The lowest BCUT2D eigenvalue weighted by Crippen LogP contribution is -2.54. The molecule has 0 saturated carbocycles. The predicted molar refractivity (Wildman–Crippen MR) is 235 cm³/mol. The molecular formula is C33H47Br2F7IN9O9P2+4. The van der Waals surface area contributed by atoms with Gasteiger partial charge in [0.1, 0.15) is 12.1 Å². The summed E-state index contributed by atoms with van der Waals surface area (Å²) in [6.07, 6.45) is -5.89. The van der Waals surface area contributed by atoms with E-state index in [4.69, 9.17) is 5.73 Å². The van der Waals surface area contributed by atoms with Crippen molar-refractivity contribution < 1.29 is 72.3 Å². The number of nitrogens with two attached hydrogens (primary N) is 1. The van der Waals surface area contributed by atoms with Crippen molar-refractivity contribution >= 4 is 87.4 Å². The molecule has 18 nitrogen and oxygen atoms in total. The summed E-state index contributed by atoms with van der Waals surface area (Å²) in [5, 5.41) is 11.0. The topological polar surface area (TPSA) is 343 Å². The highest BCUT2D eigenvalue weighted by Gasteiger charge is 2.65. The van der Waals surface area contributed by atoms with Crippen molar-refractivity contribution in [1.29, 1.82) is 0 Å². The number of benzene rings is 3. The summed E-state index contributed by atoms with van der Waals surface area (Å²) in [4.78, 5) is 40.2. The summed E-state index contributed by atoms with van der Waals surface area (Å²) in [5.74, 6) is -3.33. The summed E-state index contributed by atoms with van der Waals surface area (Å²) >= 11 is 7.64. The zero-order valence-corrected chi connectivity index (χ0v) is 41.7. The minimum atomic E-state index is -5.03. The number of nitrogens with one attached hydrogen (secondary N) is 2. The minimum Gasteiger partial charge on any atom is -0.369 e. The van der Waals surface area contributed by atoms with Crippen molar-refractivity contribution in [2.75, 3.05) is 28.4 Å². The van der Waals surface area contributed by atoms with Crippen LogP contribution in [0.2, 0.25) is 0 Å². The maximum atomic E-state index is 15.3. The molecule has 1 aliphatic rings. The molecule has 0 unspecified atom stereocenters. The Kier molecular flexibility index (Phi) is 21.4. The van der Waals surface area contributed by atoms with Gasteiger partial charge in [-0.25, -0.2) is 0 Å². The summed E-state index contributed by atoms with van der Waals surface area (Å²) in [5.41, 5.74) is -7.93. The Bertz CT molecular complexity index is 2270. The third-order valence-electron chi connectivity index (χ3n) is 8.78. The van der Waals surface area contributed by atoms with Crippen molar-refractivity contribution in [3.05, 3.63) is 100 Å². The van der Waals surface area contributed by atoms with Crippen LogP contribution in [0.3, 0.4) is 0 Å². The van der Waals surface area contributed by atoms with E-state index in [0.29, 0.717) is 0 Å². The molecule has 1 heterocycles. The van der Waals surface area contributed by atoms with E-state index in [9.17, 15) is 36.7 Å². The first-order valence-electron chi connectivity index (χ1n) is 16.3. The van der Waals surface area contributed by atoms with Crippen LogP contribution in [0.1, 0.15) is 38.2 Å². The number of carbonyl (C=O) groups is 3. The molecule has 0 saturated heterocycles. The van der Waals surface area contributed by atoms with E-state index in [-0.39, 0.29) is 53.8 Å². The van der Waals surface area contributed by atoms with Gasteiger partial charge in [0.15, 0.2) is 0 Å². The fourth-order valence-corrected chi connectivity index (χ4v) is 10.1. The molecule has 0 radical (unpaired) electrons. The molecule has 2 atom stereocenters. The maximum absolute atomic E-state index is 15.3. The number of hydrogen-bond acceptors (Lipinski definition) is 11. The van der Waals surface area contributed by atoms with E-state index < -0.39 is 97.7 Å². The number of primary amides is 1. The highest BCUT2D eigenvalue weighted by Crippen LogP contribution is 2.67. The van der Waals surface area contributed by atoms with Gasteiger partial charge in [-0.15, -0.1) is 10.2 Å². The zero-order valence-electron chi connectivity index (χ0n) is 34.6. The van der Waals surface area contributed by atoms with Gasteiger partial charge in [-0.2, -0.15) is 30.7 Å². The van der Waals surface area contributed by atoms with Gasteiger partial charge in [0, 0.05) is 76.1 Å². The molecule has 63 heavy (non-hydrogen) atoms. The zero-order chi connectivity index (χ0) is 44.5. The SMILES string of the molecule is COP(=O)(OC)C(F)(F)c1ccc(C[C@H](NC(=O)[C@H](Cc2ccc(C(F)(F)P(=O)(OC)OC)c(Br)c2)NC(=O)c2cc(I)cc(C3(C(F)(F)F)N=N3)c2)C(N)=O)cc1Br.[NH4+].[NH4+].[NH4+].[NH4+]. The van der Waals surface area contributed by atoms with Gasteiger partial charge in [0.05, 0.1) is 0 Å². The van der Waals surface area contributed by atoms with Gasteiger partial charge in [-0.05, 0) is 64.0 Å². The Labute approximate surface area is 385 Å². The summed E-state index contributed by atoms with van der Waals surface area (Å²) in [6, 6.07) is 6.04. The standard InChI is InChI=1S/C33H31Br2F7IN5O9P2.4H3N/c1-54-58(52,55-2)31(36,37)21-7-5-16(9-23(21)34)11-25(27(44)49)45-29(51)26(12-17-6-8-22(24(35)10-17)32(38,39)59(53,56-3)57-4)46-28(50)18-13-19(15-20(43)14-18)30(47-48-30)33(40,41)42;;;;/h5-10,13-15,25-26H,11-12H2,1-4H3,(H2,44,49)(H,45,51)(H,46,50);4*1H3/p+4/t25-,26-;;;;/m0..../s1. The van der Waals surface area contributed by atoms with Crippen LogP contribution in [0.25, 0.3) is 0 Å². The molecule has 20 N–H and O–H groups in total. The van der Waals surface area contributed by atoms with Crippen molar-refractivity contribution in [2.24, 2.45) is 16.0 Å². The Morgan fingerprint density at radius 2 is 1.13 bits per heavy atom. The molecule has 0 aliphatic carbocycles. The van der Waals surface area contributed by atoms with Crippen molar-refractivity contribution in [3.63, 3.8) is 0 Å². The third-order valence-corrected chi connectivity index (χ3v) is 14.5. The number of nitrogens with zero attached hydrogens (tertiary/aromatic N) is 2. The van der Waals surface area contributed by atoms with Gasteiger partial charge in [0.2, 0.25) is 11.8 Å². The molecule has 30 heteroatoms. The lowest BCUT2D eigenvalue weighted by Gasteiger charge is -2.26. The minimum absolute atomic E-state index is 0. The van der Waals surface area contributed by atoms with E-state index >= 15 is 17.6 Å². The Morgan fingerprint density at radius 3 is 1.48 bits per heavy atom.